The predicted octanol–water partition coefficient (Wildman–Crippen LogP) is 7.28. The molecule has 2 aliphatic heterocycles. The fourth-order valence-electron chi connectivity index (χ4n) is 6.20. The molecule has 3 fully saturated rings. The number of hydrogen-bond donors (Lipinski definition) is 1. The molecule has 2 unspecified atom stereocenters. The number of carboxylic acids is 1. The van der Waals surface area contributed by atoms with Crippen molar-refractivity contribution >= 4 is 32.7 Å². The monoisotopic (exact) mass is 603 g/mol. The van der Waals surface area contributed by atoms with E-state index in [1.807, 2.05) is 0 Å². The fourth-order valence-corrected chi connectivity index (χ4v) is 7.37. The van der Waals surface area contributed by atoms with Crippen LogP contribution in [0.5, 0.6) is 5.75 Å². The van der Waals surface area contributed by atoms with Crippen LogP contribution in [0.15, 0.2) is 40.9 Å². The molecule has 2 aromatic carbocycles. The Kier molecular flexibility index (Phi) is 6.61. The lowest BCUT2D eigenvalue weighted by Gasteiger charge is -2.38. The summed E-state index contributed by atoms with van der Waals surface area (Å²) in [5, 5.41) is 14.1. The quantitative estimate of drug-likeness (QED) is 0.210. The summed E-state index contributed by atoms with van der Waals surface area (Å²) in [5.41, 5.74) is 1.17. The Balaban J connectivity index is 1.10. The fraction of sp³-hybridized carbons (Fsp3) is 0.414. The Hall–Kier alpha value is -3.71. The third-order valence-electron chi connectivity index (χ3n) is 8.19. The number of rotatable bonds is 8. The average Bonchev–Trinajstić information content (AvgIpc) is 3.45. The summed E-state index contributed by atoms with van der Waals surface area (Å²) in [5.74, 6) is -1.39. The van der Waals surface area contributed by atoms with E-state index in [0.717, 1.165) is 31.7 Å². The lowest BCUT2D eigenvalue weighted by Crippen LogP contribution is -2.45. The number of alkyl halides is 3. The van der Waals surface area contributed by atoms with Gasteiger partial charge in [0.15, 0.2) is 10.9 Å². The van der Waals surface area contributed by atoms with Crippen LogP contribution in [-0.2, 0) is 11.3 Å². The van der Waals surface area contributed by atoms with Crippen LogP contribution < -0.4 is 9.64 Å². The van der Waals surface area contributed by atoms with Gasteiger partial charge in [-0.1, -0.05) is 28.6 Å². The highest BCUT2D eigenvalue weighted by Gasteiger charge is 2.43. The number of fused-ring (bicyclic) bond motifs is 3. The number of hydrogen-bond acceptors (Lipinski definition) is 8. The van der Waals surface area contributed by atoms with Crippen LogP contribution in [0, 0.1) is 5.82 Å². The number of halogens is 4. The molecule has 13 heteroatoms. The smallest absolute Gasteiger partial charge is 0.478 e. The SMILES string of the molecule is O=C(O)c1cc(F)c2nc(N3C4CC[C@H]3CC(OCc3c(-c5ccccc5OC(F)(F)F)noc3C3CC3)C4)sc2c1. The number of ether oxygens (including phenoxy) is 2. The van der Waals surface area contributed by atoms with Crippen LogP contribution in [0.3, 0.4) is 0 Å². The van der Waals surface area contributed by atoms with Crippen LogP contribution >= 0.6 is 11.3 Å². The minimum Gasteiger partial charge on any atom is -0.478 e. The molecule has 2 aromatic heterocycles. The highest BCUT2D eigenvalue weighted by atomic mass is 32.1. The maximum atomic E-state index is 14.6. The number of piperidine rings is 1. The van der Waals surface area contributed by atoms with E-state index in [1.54, 1.807) is 6.07 Å². The van der Waals surface area contributed by atoms with Gasteiger partial charge >= 0.3 is 12.3 Å². The highest BCUT2D eigenvalue weighted by Crippen LogP contribution is 2.47. The van der Waals surface area contributed by atoms with Gasteiger partial charge in [-0.3, -0.25) is 0 Å². The van der Waals surface area contributed by atoms with Crippen LogP contribution in [-0.4, -0.2) is 45.8 Å². The lowest BCUT2D eigenvalue weighted by molar-refractivity contribution is -0.274. The molecule has 4 aromatic rings. The van der Waals surface area contributed by atoms with Crippen molar-refractivity contribution in [3.63, 3.8) is 0 Å². The molecule has 8 nitrogen and oxygen atoms in total. The zero-order chi connectivity index (χ0) is 29.2. The maximum Gasteiger partial charge on any atom is 0.573 e. The van der Waals surface area contributed by atoms with Gasteiger partial charge in [-0.05, 0) is 62.8 Å². The molecule has 0 spiro atoms. The van der Waals surface area contributed by atoms with Gasteiger partial charge in [0.05, 0.1) is 23.0 Å². The van der Waals surface area contributed by atoms with E-state index in [1.165, 1.54) is 35.6 Å². The Morgan fingerprint density at radius 1 is 1.12 bits per heavy atom. The van der Waals surface area contributed by atoms with Crippen molar-refractivity contribution in [3.8, 4) is 17.0 Å². The highest BCUT2D eigenvalue weighted by molar-refractivity contribution is 7.22. The van der Waals surface area contributed by atoms with Gasteiger partial charge in [0.1, 0.15) is 22.7 Å². The summed E-state index contributed by atoms with van der Waals surface area (Å²) in [7, 11) is 0. The lowest BCUT2D eigenvalue weighted by atomic mass is 10.00. The minimum absolute atomic E-state index is 0.111. The molecule has 42 heavy (non-hydrogen) atoms. The zero-order valence-electron chi connectivity index (χ0n) is 22.1. The summed E-state index contributed by atoms with van der Waals surface area (Å²) >= 11 is 1.28. The second-order valence-electron chi connectivity index (χ2n) is 11.0. The Morgan fingerprint density at radius 2 is 1.86 bits per heavy atom. The van der Waals surface area contributed by atoms with Crippen molar-refractivity contribution in [3.05, 3.63) is 59.1 Å². The standard InChI is InChI=1S/C29H25F4N3O5S/c30-21-9-15(27(37)38)10-23-25(21)34-28(42-23)36-16-7-8-17(36)12-18(11-16)39-13-20-24(35-41-26(20)14-5-6-14)19-3-1-2-4-22(19)40-29(31,32)33/h1-4,9-10,14,16-18H,5-8,11-13H2,(H,37,38)/t16-,17?,18?/m0/s1. The van der Waals surface area contributed by atoms with Crippen molar-refractivity contribution in [1.29, 1.82) is 0 Å². The molecule has 4 heterocycles. The second kappa shape index (κ2) is 10.2. The van der Waals surface area contributed by atoms with E-state index in [9.17, 15) is 27.5 Å². The van der Waals surface area contributed by atoms with Crippen LogP contribution in [0.4, 0.5) is 22.7 Å². The van der Waals surface area contributed by atoms with Crippen LogP contribution in [0.1, 0.15) is 66.1 Å². The molecule has 1 saturated carbocycles. The average molecular weight is 604 g/mol. The summed E-state index contributed by atoms with van der Waals surface area (Å²) in [6.07, 6.45) is 0.0965. The van der Waals surface area contributed by atoms with Gasteiger partial charge in [-0.2, -0.15) is 0 Å². The normalized spacial score (nSPS) is 22.2. The number of aromatic nitrogens is 2. The second-order valence-corrected chi connectivity index (χ2v) is 12.0. The van der Waals surface area contributed by atoms with E-state index < -0.39 is 18.1 Å². The predicted molar refractivity (Wildman–Crippen MR) is 144 cm³/mol. The third-order valence-corrected chi connectivity index (χ3v) is 9.21. The van der Waals surface area contributed by atoms with E-state index in [-0.39, 0.29) is 58.8 Å². The zero-order valence-corrected chi connectivity index (χ0v) is 22.9. The van der Waals surface area contributed by atoms with Gasteiger partial charge in [-0.15, -0.1) is 13.2 Å². The van der Waals surface area contributed by atoms with Gasteiger partial charge in [-0.25, -0.2) is 14.2 Å². The molecule has 1 aliphatic carbocycles. The Labute approximate surface area is 240 Å². The van der Waals surface area contributed by atoms with Gasteiger partial charge in [0.25, 0.3) is 0 Å². The minimum atomic E-state index is -4.85. The molecule has 0 radical (unpaired) electrons. The van der Waals surface area contributed by atoms with E-state index >= 15 is 0 Å². The molecule has 3 atom stereocenters. The van der Waals surface area contributed by atoms with Crippen molar-refractivity contribution < 1.29 is 41.5 Å². The first-order valence-electron chi connectivity index (χ1n) is 13.7. The van der Waals surface area contributed by atoms with E-state index in [2.05, 4.69) is 19.8 Å². The number of carboxylic acid groups (broad SMARTS) is 1. The maximum absolute atomic E-state index is 14.6. The molecule has 1 N–H and O–H groups in total. The van der Waals surface area contributed by atoms with Gasteiger partial charge in [0.2, 0.25) is 0 Å². The number of aromatic carboxylic acids is 1. The van der Waals surface area contributed by atoms with Gasteiger partial charge < -0.3 is 24.0 Å². The van der Waals surface area contributed by atoms with E-state index in [4.69, 9.17) is 9.26 Å². The van der Waals surface area contributed by atoms with Crippen molar-refractivity contribution in [2.45, 2.75) is 75.6 Å². The number of nitrogens with zero attached hydrogens (tertiary/aromatic N) is 3. The molecule has 0 amide bonds. The van der Waals surface area contributed by atoms with Crippen LogP contribution in [0.25, 0.3) is 21.5 Å². The first-order chi connectivity index (χ1) is 20.1. The summed E-state index contributed by atoms with van der Waals surface area (Å²) < 4.78 is 70.7. The van der Waals surface area contributed by atoms with E-state index in [0.29, 0.717) is 34.0 Å². The number of anilines is 1. The summed E-state index contributed by atoms with van der Waals surface area (Å²) in [4.78, 5) is 18.1. The summed E-state index contributed by atoms with van der Waals surface area (Å²) in [6.45, 7) is 0.138. The molecule has 2 saturated heterocycles. The Morgan fingerprint density at radius 3 is 2.55 bits per heavy atom. The topological polar surface area (TPSA) is 97.9 Å². The molecular formula is C29H25F4N3O5S. The van der Waals surface area contributed by atoms with Crippen molar-refractivity contribution in [2.75, 3.05) is 4.90 Å². The first-order valence-corrected chi connectivity index (χ1v) is 14.5. The van der Waals surface area contributed by atoms with Crippen molar-refractivity contribution in [1.82, 2.24) is 10.1 Å². The molecular weight excluding hydrogens is 578 g/mol. The van der Waals surface area contributed by atoms with Crippen LogP contribution in [0.2, 0.25) is 0 Å². The first kappa shape index (κ1) is 27.1. The van der Waals surface area contributed by atoms with Gasteiger partial charge in [0, 0.05) is 29.1 Å². The largest absolute Gasteiger partial charge is 0.573 e. The number of carbonyl (C=O) groups is 1. The third kappa shape index (κ3) is 5.08. The summed E-state index contributed by atoms with van der Waals surface area (Å²) in [6, 6.07) is 8.54. The Bertz CT molecular complexity index is 1650. The van der Waals surface area contributed by atoms with Crippen molar-refractivity contribution in [2.24, 2.45) is 0 Å². The number of para-hydroxylation sites is 1. The molecule has 220 valence electrons. The molecule has 3 aliphatic rings. The molecule has 2 bridgehead atoms. The number of benzene rings is 2. The molecule has 7 rings (SSSR count). The number of thiazole rings is 1.